The molecule has 1 aliphatic rings. The Bertz CT molecular complexity index is 1070. The molecule has 2 atom stereocenters. The van der Waals surface area contributed by atoms with Crippen LogP contribution in [0.15, 0.2) is 47.4 Å². The van der Waals surface area contributed by atoms with Crippen molar-refractivity contribution in [3.05, 3.63) is 53.6 Å². The Hall–Kier alpha value is -2.62. The third-order valence-corrected chi connectivity index (χ3v) is 7.58. The highest BCUT2D eigenvalue weighted by atomic mass is 32.2. The Balaban J connectivity index is 1.52. The van der Waals surface area contributed by atoms with Gasteiger partial charge in [-0.25, -0.2) is 13.1 Å². The summed E-state index contributed by atoms with van der Waals surface area (Å²) < 4.78 is 38.6. The maximum Gasteiger partial charge on any atom is 0.240 e. The molecule has 186 valence electrons. The van der Waals surface area contributed by atoms with Gasteiger partial charge in [-0.2, -0.15) is 0 Å². The van der Waals surface area contributed by atoms with Gasteiger partial charge in [0.05, 0.1) is 31.7 Å². The number of carbonyl (C=O) groups excluding carboxylic acids is 1. The number of nitrogens with zero attached hydrogens (tertiary/aromatic N) is 1. The van der Waals surface area contributed by atoms with E-state index in [9.17, 15) is 13.2 Å². The number of amides is 1. The number of nitrogens with one attached hydrogen (secondary N) is 2. The smallest absolute Gasteiger partial charge is 0.240 e. The first-order valence-corrected chi connectivity index (χ1v) is 13.0. The molecule has 34 heavy (non-hydrogen) atoms. The number of likely N-dealkylation sites (tertiary alicyclic amines) is 1. The molecule has 8 nitrogen and oxygen atoms in total. The molecule has 0 spiro atoms. The van der Waals surface area contributed by atoms with Crippen molar-refractivity contribution in [1.82, 2.24) is 14.9 Å². The van der Waals surface area contributed by atoms with Crippen molar-refractivity contribution < 1.29 is 22.7 Å². The molecule has 2 unspecified atom stereocenters. The molecule has 1 heterocycles. The maximum absolute atomic E-state index is 12.7. The van der Waals surface area contributed by atoms with Crippen molar-refractivity contribution in [2.24, 2.45) is 5.92 Å². The van der Waals surface area contributed by atoms with Crippen molar-refractivity contribution in [3.63, 3.8) is 0 Å². The number of hydrogen-bond donors (Lipinski definition) is 2. The average Bonchev–Trinajstić information content (AvgIpc) is 2.82. The fraction of sp³-hybridized carbons (Fsp3) is 0.480. The Morgan fingerprint density at radius 1 is 1.15 bits per heavy atom. The molecule has 2 aromatic carbocycles. The Morgan fingerprint density at radius 3 is 2.56 bits per heavy atom. The maximum atomic E-state index is 12.7. The minimum Gasteiger partial charge on any atom is -0.497 e. The molecule has 9 heteroatoms. The van der Waals surface area contributed by atoms with Gasteiger partial charge in [0.25, 0.3) is 0 Å². The van der Waals surface area contributed by atoms with Gasteiger partial charge in [-0.15, -0.1) is 0 Å². The molecular weight excluding hydrogens is 454 g/mol. The first kappa shape index (κ1) is 26.0. The second-order valence-electron chi connectivity index (χ2n) is 8.81. The highest BCUT2D eigenvalue weighted by Gasteiger charge is 2.24. The van der Waals surface area contributed by atoms with E-state index in [0.29, 0.717) is 24.6 Å². The van der Waals surface area contributed by atoms with Crippen LogP contribution in [0.5, 0.6) is 11.5 Å². The quantitative estimate of drug-likeness (QED) is 0.533. The van der Waals surface area contributed by atoms with Crippen molar-refractivity contribution in [2.75, 3.05) is 40.4 Å². The summed E-state index contributed by atoms with van der Waals surface area (Å²) in [5.74, 6) is 1.45. The van der Waals surface area contributed by atoms with Gasteiger partial charge in [-0.1, -0.05) is 17.7 Å². The van der Waals surface area contributed by atoms with Crippen LogP contribution in [0, 0.1) is 12.8 Å². The third-order valence-electron chi connectivity index (χ3n) is 6.14. The van der Waals surface area contributed by atoms with Crippen LogP contribution in [0.25, 0.3) is 0 Å². The van der Waals surface area contributed by atoms with Crippen molar-refractivity contribution >= 4 is 15.9 Å². The summed E-state index contributed by atoms with van der Waals surface area (Å²) in [6, 6.07) is 12.1. The Labute approximate surface area is 202 Å². The zero-order valence-corrected chi connectivity index (χ0v) is 21.2. The number of sulfonamides is 1. The summed E-state index contributed by atoms with van der Waals surface area (Å²) in [4.78, 5) is 15.1. The Morgan fingerprint density at radius 2 is 1.88 bits per heavy atom. The van der Waals surface area contributed by atoms with Crippen LogP contribution in [0.1, 0.15) is 36.9 Å². The molecule has 0 bridgehead atoms. The van der Waals surface area contributed by atoms with Crippen LogP contribution in [0.3, 0.4) is 0 Å². The number of methoxy groups -OCH3 is 2. The summed E-state index contributed by atoms with van der Waals surface area (Å²) in [7, 11) is -0.348. The predicted molar refractivity (Wildman–Crippen MR) is 132 cm³/mol. The lowest BCUT2D eigenvalue weighted by Gasteiger charge is -2.32. The monoisotopic (exact) mass is 489 g/mol. The van der Waals surface area contributed by atoms with E-state index in [0.717, 1.165) is 30.5 Å². The van der Waals surface area contributed by atoms with Gasteiger partial charge in [0, 0.05) is 18.7 Å². The summed E-state index contributed by atoms with van der Waals surface area (Å²) in [5, 5.41) is 3.04. The van der Waals surface area contributed by atoms with Crippen molar-refractivity contribution in [3.8, 4) is 11.5 Å². The topological polar surface area (TPSA) is 97.0 Å². The van der Waals surface area contributed by atoms with Crippen LogP contribution >= 0.6 is 0 Å². The summed E-state index contributed by atoms with van der Waals surface area (Å²) >= 11 is 0. The van der Waals surface area contributed by atoms with Gasteiger partial charge in [0.2, 0.25) is 15.9 Å². The molecule has 2 aromatic rings. The zero-order valence-electron chi connectivity index (χ0n) is 20.3. The van der Waals surface area contributed by atoms with E-state index in [-0.39, 0.29) is 29.3 Å². The van der Waals surface area contributed by atoms with Crippen LogP contribution < -0.4 is 19.5 Å². The number of aryl methyl sites for hydroxylation is 1. The second kappa shape index (κ2) is 11.7. The van der Waals surface area contributed by atoms with Crippen molar-refractivity contribution in [1.29, 1.82) is 0 Å². The van der Waals surface area contributed by atoms with E-state index in [1.807, 2.05) is 32.0 Å². The van der Waals surface area contributed by atoms with Crippen LogP contribution in [-0.2, 0) is 14.8 Å². The molecular formula is C25H35N3O5S. The fourth-order valence-corrected chi connectivity index (χ4v) is 5.35. The first-order chi connectivity index (χ1) is 16.2. The summed E-state index contributed by atoms with van der Waals surface area (Å²) in [5.41, 5.74) is 1.86. The lowest BCUT2D eigenvalue weighted by molar-refractivity contribution is -0.123. The SMILES string of the molecule is COc1ccc(OC)c(C(C)NC(=O)CN2CCCC(CNS(=O)(=O)c3ccc(C)cc3)C2)c1. The molecule has 0 saturated carbocycles. The normalized spacial score (nSPS) is 17.7. The van der Waals surface area contributed by atoms with Crippen LogP contribution in [-0.4, -0.2) is 59.6 Å². The van der Waals surface area contributed by atoms with Gasteiger partial charge < -0.3 is 14.8 Å². The van der Waals surface area contributed by atoms with E-state index in [4.69, 9.17) is 9.47 Å². The van der Waals surface area contributed by atoms with Crippen molar-refractivity contribution in [2.45, 2.75) is 37.6 Å². The zero-order chi connectivity index (χ0) is 24.7. The molecule has 3 rings (SSSR count). The number of rotatable bonds is 10. The minimum atomic E-state index is -3.55. The predicted octanol–water partition coefficient (Wildman–Crippen LogP) is 2.88. The fourth-order valence-electron chi connectivity index (χ4n) is 4.24. The third kappa shape index (κ3) is 6.94. The second-order valence-corrected chi connectivity index (χ2v) is 10.6. The molecule has 1 aliphatic heterocycles. The molecule has 1 saturated heterocycles. The number of ether oxygens (including phenoxy) is 2. The molecule has 1 fully saturated rings. The van der Waals surface area contributed by atoms with E-state index in [1.165, 1.54) is 0 Å². The Kier molecular flexibility index (Phi) is 8.93. The number of piperidine rings is 1. The standard InChI is InChI=1S/C25H35N3O5S/c1-18-7-10-22(11-8-18)34(30,31)26-15-20-6-5-13-28(16-20)17-25(29)27-19(2)23-14-21(32-3)9-12-24(23)33-4/h7-12,14,19-20,26H,5-6,13,15-17H2,1-4H3,(H,27,29). The van der Waals surface area contributed by atoms with Gasteiger partial charge in [-0.3, -0.25) is 9.69 Å². The minimum absolute atomic E-state index is 0.0849. The number of carbonyl (C=O) groups is 1. The lowest BCUT2D eigenvalue weighted by Crippen LogP contribution is -2.45. The van der Waals surface area contributed by atoms with Gasteiger partial charge in [-0.05, 0) is 69.5 Å². The van der Waals surface area contributed by atoms with Gasteiger partial charge >= 0.3 is 0 Å². The van der Waals surface area contributed by atoms with Gasteiger partial charge in [0.1, 0.15) is 11.5 Å². The molecule has 0 aliphatic carbocycles. The number of benzene rings is 2. The summed E-state index contributed by atoms with van der Waals surface area (Å²) in [6.45, 7) is 5.92. The molecule has 0 aromatic heterocycles. The van der Waals surface area contributed by atoms with Gasteiger partial charge in [0.15, 0.2) is 0 Å². The van der Waals surface area contributed by atoms with E-state index in [1.54, 1.807) is 38.5 Å². The van der Waals surface area contributed by atoms with E-state index >= 15 is 0 Å². The first-order valence-electron chi connectivity index (χ1n) is 11.5. The highest BCUT2D eigenvalue weighted by Crippen LogP contribution is 2.29. The molecule has 0 radical (unpaired) electrons. The highest BCUT2D eigenvalue weighted by molar-refractivity contribution is 7.89. The van der Waals surface area contributed by atoms with E-state index in [2.05, 4.69) is 14.9 Å². The van der Waals surface area contributed by atoms with E-state index < -0.39 is 10.0 Å². The molecule has 2 N–H and O–H groups in total. The number of hydrogen-bond acceptors (Lipinski definition) is 6. The molecule has 1 amide bonds. The largest absolute Gasteiger partial charge is 0.497 e. The van der Waals surface area contributed by atoms with Crippen LogP contribution in [0.2, 0.25) is 0 Å². The average molecular weight is 490 g/mol. The van der Waals surface area contributed by atoms with Crippen LogP contribution in [0.4, 0.5) is 0 Å². The summed E-state index contributed by atoms with van der Waals surface area (Å²) in [6.07, 6.45) is 1.84. The lowest BCUT2D eigenvalue weighted by atomic mass is 9.98.